The first-order valence-corrected chi connectivity index (χ1v) is 5.57. The van der Waals surface area contributed by atoms with Crippen molar-refractivity contribution in [3.05, 3.63) is 41.6 Å². The van der Waals surface area contributed by atoms with Crippen LogP contribution in [0.15, 0.2) is 36.0 Å². The first kappa shape index (κ1) is 11.6. The topological polar surface area (TPSA) is 40.5 Å². The molecule has 0 aromatic heterocycles. The summed E-state index contributed by atoms with van der Waals surface area (Å²) in [5.74, 6) is 0. The maximum atomic E-state index is 13.3. The Morgan fingerprint density at radius 1 is 1.41 bits per heavy atom. The van der Waals surface area contributed by atoms with Crippen LogP contribution in [0.2, 0.25) is 0 Å². The fourth-order valence-electron chi connectivity index (χ4n) is 1.95. The van der Waals surface area contributed by atoms with E-state index in [0.29, 0.717) is 5.70 Å². The number of piperidine rings is 1. The highest BCUT2D eigenvalue weighted by Gasteiger charge is 2.26. The van der Waals surface area contributed by atoms with Gasteiger partial charge in [0.1, 0.15) is 6.17 Å². The molecule has 1 atom stereocenters. The molecule has 1 fully saturated rings. The SMILES string of the molecule is O=C(O)N1CCC(F)CC1=Cc1ccccc1. The molecule has 0 spiro atoms. The average Bonchev–Trinajstić information content (AvgIpc) is 2.30. The van der Waals surface area contributed by atoms with Gasteiger partial charge in [-0.15, -0.1) is 0 Å². The number of carboxylic acid groups (broad SMARTS) is 1. The Morgan fingerprint density at radius 2 is 2.12 bits per heavy atom. The molecule has 0 bridgehead atoms. The molecule has 90 valence electrons. The van der Waals surface area contributed by atoms with E-state index < -0.39 is 12.3 Å². The zero-order chi connectivity index (χ0) is 12.3. The van der Waals surface area contributed by atoms with E-state index >= 15 is 0 Å². The molecule has 1 heterocycles. The summed E-state index contributed by atoms with van der Waals surface area (Å²) in [7, 11) is 0. The fraction of sp³-hybridized carbons (Fsp3) is 0.308. The molecule has 1 aromatic carbocycles. The van der Waals surface area contributed by atoms with E-state index in [4.69, 9.17) is 5.11 Å². The molecule has 4 heteroatoms. The summed E-state index contributed by atoms with van der Waals surface area (Å²) in [6.45, 7) is 0.231. The molecule has 0 radical (unpaired) electrons. The van der Waals surface area contributed by atoms with Crippen LogP contribution < -0.4 is 0 Å². The van der Waals surface area contributed by atoms with E-state index in [0.717, 1.165) is 5.56 Å². The molecule has 2 rings (SSSR count). The number of hydrogen-bond donors (Lipinski definition) is 1. The fourth-order valence-corrected chi connectivity index (χ4v) is 1.95. The van der Waals surface area contributed by atoms with Crippen molar-refractivity contribution in [2.45, 2.75) is 19.0 Å². The molecule has 17 heavy (non-hydrogen) atoms. The number of carbonyl (C=O) groups is 1. The molecule has 1 amide bonds. The molecule has 1 aromatic rings. The first-order chi connectivity index (χ1) is 8.16. The second-order valence-electron chi connectivity index (χ2n) is 4.07. The minimum absolute atomic E-state index is 0.168. The van der Waals surface area contributed by atoms with E-state index in [1.54, 1.807) is 6.08 Å². The largest absolute Gasteiger partial charge is 0.465 e. The average molecular weight is 235 g/mol. The summed E-state index contributed by atoms with van der Waals surface area (Å²) in [6, 6.07) is 9.36. The quantitative estimate of drug-likeness (QED) is 0.812. The van der Waals surface area contributed by atoms with E-state index in [1.807, 2.05) is 30.3 Å². The van der Waals surface area contributed by atoms with E-state index in [-0.39, 0.29) is 19.4 Å². The second kappa shape index (κ2) is 4.99. The predicted molar refractivity (Wildman–Crippen MR) is 63.3 cm³/mol. The van der Waals surface area contributed by atoms with Gasteiger partial charge in [-0.1, -0.05) is 30.3 Å². The standard InChI is InChI=1S/C13H14FNO2/c14-11-6-7-15(13(16)17)12(9-11)8-10-4-2-1-3-5-10/h1-5,8,11H,6-7,9H2,(H,16,17). The van der Waals surface area contributed by atoms with Crippen molar-refractivity contribution in [3.8, 4) is 0 Å². The number of alkyl halides is 1. The number of benzene rings is 1. The van der Waals surface area contributed by atoms with E-state index in [1.165, 1.54) is 4.90 Å². The van der Waals surface area contributed by atoms with Gasteiger partial charge in [0.2, 0.25) is 0 Å². The predicted octanol–water partition coefficient (Wildman–Crippen LogP) is 3.14. The zero-order valence-electron chi connectivity index (χ0n) is 9.34. The summed E-state index contributed by atoms with van der Waals surface area (Å²) < 4.78 is 13.3. The molecule has 3 nitrogen and oxygen atoms in total. The van der Waals surface area contributed by atoms with Gasteiger partial charge in [0, 0.05) is 18.7 Å². The Labute approximate surface area is 99.2 Å². The van der Waals surface area contributed by atoms with Crippen molar-refractivity contribution in [1.29, 1.82) is 0 Å². The molecule has 1 unspecified atom stereocenters. The maximum absolute atomic E-state index is 13.3. The van der Waals surface area contributed by atoms with Crippen molar-refractivity contribution in [2.75, 3.05) is 6.54 Å². The smallest absolute Gasteiger partial charge is 0.411 e. The Balaban J connectivity index is 2.26. The molecule has 0 aliphatic carbocycles. The maximum Gasteiger partial charge on any atom is 0.411 e. The molecule has 1 saturated heterocycles. The van der Waals surface area contributed by atoms with Gasteiger partial charge in [-0.2, -0.15) is 0 Å². The molecule has 1 aliphatic heterocycles. The number of amides is 1. The van der Waals surface area contributed by atoms with Crippen molar-refractivity contribution in [1.82, 2.24) is 4.90 Å². The van der Waals surface area contributed by atoms with Gasteiger partial charge in [0.15, 0.2) is 0 Å². The highest BCUT2D eigenvalue weighted by Crippen LogP contribution is 2.25. The van der Waals surface area contributed by atoms with Gasteiger partial charge < -0.3 is 5.11 Å². The van der Waals surface area contributed by atoms with Crippen molar-refractivity contribution in [2.24, 2.45) is 0 Å². The van der Waals surface area contributed by atoms with E-state index in [2.05, 4.69) is 0 Å². The Morgan fingerprint density at radius 3 is 2.76 bits per heavy atom. The van der Waals surface area contributed by atoms with Crippen LogP contribution in [-0.2, 0) is 0 Å². The third kappa shape index (κ3) is 2.84. The van der Waals surface area contributed by atoms with Crippen LogP contribution in [0.1, 0.15) is 18.4 Å². The van der Waals surface area contributed by atoms with Gasteiger partial charge in [0.05, 0.1) is 0 Å². The van der Waals surface area contributed by atoms with Gasteiger partial charge >= 0.3 is 6.09 Å². The Hall–Kier alpha value is -1.84. The van der Waals surface area contributed by atoms with Crippen molar-refractivity contribution in [3.63, 3.8) is 0 Å². The van der Waals surface area contributed by atoms with Crippen LogP contribution in [0.3, 0.4) is 0 Å². The lowest BCUT2D eigenvalue weighted by Crippen LogP contribution is -2.36. The first-order valence-electron chi connectivity index (χ1n) is 5.57. The number of allylic oxidation sites excluding steroid dienone is 1. The lowest BCUT2D eigenvalue weighted by molar-refractivity contribution is 0.137. The monoisotopic (exact) mass is 235 g/mol. The lowest BCUT2D eigenvalue weighted by Gasteiger charge is -2.29. The highest BCUT2D eigenvalue weighted by molar-refractivity contribution is 5.70. The third-order valence-electron chi connectivity index (χ3n) is 2.81. The highest BCUT2D eigenvalue weighted by atomic mass is 19.1. The van der Waals surface area contributed by atoms with Gasteiger partial charge in [-0.3, -0.25) is 4.90 Å². The zero-order valence-corrected chi connectivity index (χ0v) is 9.34. The Kier molecular flexibility index (Phi) is 3.42. The summed E-state index contributed by atoms with van der Waals surface area (Å²) in [4.78, 5) is 12.2. The summed E-state index contributed by atoms with van der Waals surface area (Å²) in [5, 5.41) is 9.04. The van der Waals surface area contributed by atoms with Gasteiger partial charge in [-0.25, -0.2) is 9.18 Å². The summed E-state index contributed by atoms with van der Waals surface area (Å²) in [6.07, 6.45) is 0.221. The number of rotatable bonds is 1. The third-order valence-corrected chi connectivity index (χ3v) is 2.81. The number of hydrogen-bond acceptors (Lipinski definition) is 1. The van der Waals surface area contributed by atoms with Crippen LogP contribution in [0, 0.1) is 0 Å². The van der Waals surface area contributed by atoms with Crippen LogP contribution in [0.5, 0.6) is 0 Å². The number of nitrogens with zero attached hydrogens (tertiary/aromatic N) is 1. The van der Waals surface area contributed by atoms with Crippen LogP contribution >= 0.6 is 0 Å². The number of halogens is 1. The molecule has 1 aliphatic rings. The van der Waals surface area contributed by atoms with Crippen LogP contribution in [0.25, 0.3) is 6.08 Å². The summed E-state index contributed by atoms with van der Waals surface area (Å²) >= 11 is 0. The molecular weight excluding hydrogens is 221 g/mol. The van der Waals surface area contributed by atoms with Crippen LogP contribution in [0.4, 0.5) is 9.18 Å². The Bertz CT molecular complexity index is 430. The van der Waals surface area contributed by atoms with Crippen molar-refractivity contribution >= 4 is 12.2 Å². The lowest BCUT2D eigenvalue weighted by atomic mass is 10.0. The normalized spacial score (nSPS) is 22.8. The number of likely N-dealkylation sites (tertiary alicyclic amines) is 1. The molecule has 1 N–H and O–H groups in total. The second-order valence-corrected chi connectivity index (χ2v) is 4.07. The van der Waals surface area contributed by atoms with Gasteiger partial charge in [0.25, 0.3) is 0 Å². The molecular formula is C13H14FNO2. The molecule has 0 saturated carbocycles. The van der Waals surface area contributed by atoms with Gasteiger partial charge in [-0.05, 0) is 18.1 Å². The minimum Gasteiger partial charge on any atom is -0.465 e. The van der Waals surface area contributed by atoms with Crippen LogP contribution in [-0.4, -0.2) is 28.8 Å². The van der Waals surface area contributed by atoms with E-state index in [9.17, 15) is 9.18 Å². The summed E-state index contributed by atoms with van der Waals surface area (Å²) in [5.41, 5.74) is 1.42. The van der Waals surface area contributed by atoms with Crippen molar-refractivity contribution < 1.29 is 14.3 Å². The minimum atomic E-state index is -1.01.